The Balaban J connectivity index is 2.02. The second kappa shape index (κ2) is 7.92. The van der Waals surface area contributed by atoms with Crippen LogP contribution in [-0.4, -0.2) is 22.8 Å². The van der Waals surface area contributed by atoms with E-state index in [1.165, 1.54) is 0 Å². The van der Waals surface area contributed by atoms with Crippen molar-refractivity contribution in [2.75, 3.05) is 6.61 Å². The van der Waals surface area contributed by atoms with Crippen molar-refractivity contribution < 1.29 is 14.4 Å². The minimum atomic E-state index is -0.175. The highest BCUT2D eigenvalue weighted by Gasteiger charge is 2.21. The smallest absolute Gasteiger partial charge is 0.221 e. The Morgan fingerprint density at radius 2 is 2.00 bits per heavy atom. The van der Waals surface area contributed by atoms with Gasteiger partial charge in [-0.15, -0.1) is 0 Å². The molecule has 124 valence electrons. The molecular weight excluding hydrogens is 292 g/mol. The van der Waals surface area contributed by atoms with Crippen molar-refractivity contribution in [1.29, 1.82) is 0 Å². The highest BCUT2D eigenvalue weighted by atomic mass is 16.5. The van der Waals surface area contributed by atoms with Crippen LogP contribution in [0.5, 0.6) is 0 Å². The van der Waals surface area contributed by atoms with Crippen molar-refractivity contribution in [3.05, 3.63) is 52.9 Å². The summed E-state index contributed by atoms with van der Waals surface area (Å²) in [6, 6.07) is 9.53. The molecule has 0 aliphatic rings. The minimum Gasteiger partial charge on any atom is -0.396 e. The Bertz CT molecular complexity index is 617. The fourth-order valence-corrected chi connectivity index (χ4v) is 2.96. The fourth-order valence-electron chi connectivity index (χ4n) is 2.96. The first-order chi connectivity index (χ1) is 11.0. The predicted octanol–water partition coefficient (Wildman–Crippen LogP) is 3.02. The van der Waals surface area contributed by atoms with Gasteiger partial charge in [0, 0.05) is 18.6 Å². The number of rotatable bonds is 7. The zero-order chi connectivity index (χ0) is 16.8. The van der Waals surface area contributed by atoms with Crippen LogP contribution in [0.15, 0.2) is 34.9 Å². The molecule has 2 rings (SSSR count). The summed E-state index contributed by atoms with van der Waals surface area (Å²) in [7, 11) is 0. The number of aryl methyl sites for hydroxylation is 2. The van der Waals surface area contributed by atoms with Gasteiger partial charge in [-0.3, -0.25) is 4.79 Å². The number of carbonyl (C=O) groups is 1. The van der Waals surface area contributed by atoms with Crippen molar-refractivity contribution in [3.63, 3.8) is 0 Å². The van der Waals surface area contributed by atoms with Crippen molar-refractivity contribution >= 4 is 5.91 Å². The molecule has 2 unspecified atom stereocenters. The summed E-state index contributed by atoms with van der Waals surface area (Å²) in [5.41, 5.74) is 2.83. The van der Waals surface area contributed by atoms with Crippen molar-refractivity contribution in [2.45, 2.75) is 45.6 Å². The second-order valence-electron chi connectivity index (χ2n) is 5.89. The Hall–Kier alpha value is -2.14. The molecular formula is C18H24N2O3. The van der Waals surface area contributed by atoms with Gasteiger partial charge < -0.3 is 14.9 Å². The fraction of sp³-hybridized carbons (Fsp3) is 0.444. The topological polar surface area (TPSA) is 75.4 Å². The lowest BCUT2D eigenvalue weighted by molar-refractivity contribution is -0.122. The van der Waals surface area contributed by atoms with Crippen molar-refractivity contribution in [3.8, 4) is 0 Å². The van der Waals surface area contributed by atoms with E-state index in [0.717, 1.165) is 22.6 Å². The Labute approximate surface area is 136 Å². The maximum atomic E-state index is 12.4. The summed E-state index contributed by atoms with van der Waals surface area (Å²) in [4.78, 5) is 12.4. The number of benzene rings is 1. The van der Waals surface area contributed by atoms with E-state index < -0.39 is 0 Å². The molecule has 0 radical (unpaired) electrons. The highest BCUT2D eigenvalue weighted by molar-refractivity contribution is 5.77. The molecule has 0 aliphatic heterocycles. The normalized spacial score (nSPS) is 13.6. The van der Waals surface area contributed by atoms with Crippen LogP contribution < -0.4 is 5.32 Å². The van der Waals surface area contributed by atoms with Gasteiger partial charge in [0.2, 0.25) is 5.91 Å². The Morgan fingerprint density at radius 3 is 2.57 bits per heavy atom. The molecule has 0 saturated carbocycles. The molecule has 5 heteroatoms. The van der Waals surface area contributed by atoms with Crippen LogP contribution >= 0.6 is 0 Å². The van der Waals surface area contributed by atoms with Crippen LogP contribution in [0.2, 0.25) is 0 Å². The third-order valence-corrected chi connectivity index (χ3v) is 4.03. The van der Waals surface area contributed by atoms with E-state index in [4.69, 9.17) is 4.52 Å². The lowest BCUT2D eigenvalue weighted by Gasteiger charge is -2.20. The van der Waals surface area contributed by atoms with Gasteiger partial charge in [0.1, 0.15) is 5.76 Å². The molecule has 2 atom stereocenters. The van der Waals surface area contributed by atoms with Crippen LogP contribution in [-0.2, 0) is 4.79 Å². The molecule has 2 N–H and O–H groups in total. The average molecular weight is 316 g/mol. The van der Waals surface area contributed by atoms with Crippen LogP contribution in [0.3, 0.4) is 0 Å². The lowest BCUT2D eigenvalue weighted by Crippen LogP contribution is -2.30. The summed E-state index contributed by atoms with van der Waals surface area (Å²) >= 11 is 0. The first-order valence-electron chi connectivity index (χ1n) is 7.90. The molecule has 5 nitrogen and oxygen atoms in total. The van der Waals surface area contributed by atoms with Gasteiger partial charge in [-0.2, -0.15) is 0 Å². The molecule has 1 heterocycles. The Morgan fingerprint density at radius 1 is 1.30 bits per heavy atom. The number of aromatic nitrogens is 1. The summed E-state index contributed by atoms with van der Waals surface area (Å²) < 4.78 is 5.17. The second-order valence-corrected chi connectivity index (χ2v) is 5.89. The molecule has 0 aliphatic carbocycles. The van der Waals surface area contributed by atoms with Crippen LogP contribution in [0.4, 0.5) is 0 Å². The first-order valence-corrected chi connectivity index (χ1v) is 7.90. The summed E-state index contributed by atoms with van der Waals surface area (Å²) in [5.74, 6) is 0.754. The van der Waals surface area contributed by atoms with Crippen LogP contribution in [0, 0.1) is 13.8 Å². The number of amides is 1. The predicted molar refractivity (Wildman–Crippen MR) is 88.0 cm³/mol. The largest absolute Gasteiger partial charge is 0.396 e. The monoisotopic (exact) mass is 316 g/mol. The summed E-state index contributed by atoms with van der Waals surface area (Å²) in [5, 5.41) is 16.2. The molecule has 0 saturated heterocycles. The molecule has 1 aromatic carbocycles. The summed E-state index contributed by atoms with van der Waals surface area (Å²) in [6.45, 7) is 5.77. The lowest BCUT2D eigenvalue weighted by atomic mass is 9.95. The van der Waals surface area contributed by atoms with Crippen molar-refractivity contribution in [1.82, 2.24) is 10.5 Å². The van der Waals surface area contributed by atoms with Crippen molar-refractivity contribution in [2.24, 2.45) is 0 Å². The number of carbonyl (C=O) groups excluding carboxylic acids is 1. The van der Waals surface area contributed by atoms with Gasteiger partial charge in [-0.25, -0.2) is 0 Å². The number of nitrogens with one attached hydrogen (secondary N) is 1. The summed E-state index contributed by atoms with van der Waals surface area (Å²) in [6.07, 6.45) is 0.854. The van der Waals surface area contributed by atoms with E-state index in [9.17, 15) is 9.90 Å². The number of nitrogens with zero attached hydrogens (tertiary/aromatic N) is 1. The van der Waals surface area contributed by atoms with Gasteiger partial charge >= 0.3 is 0 Å². The number of hydrogen-bond donors (Lipinski definition) is 2. The van der Waals surface area contributed by atoms with Gasteiger partial charge in [0.25, 0.3) is 0 Å². The van der Waals surface area contributed by atoms with E-state index in [-0.39, 0.29) is 24.5 Å². The van der Waals surface area contributed by atoms with Crippen LogP contribution in [0.25, 0.3) is 0 Å². The quantitative estimate of drug-likeness (QED) is 0.823. The van der Waals surface area contributed by atoms with E-state index in [1.807, 2.05) is 51.1 Å². The molecule has 23 heavy (non-hydrogen) atoms. The minimum absolute atomic E-state index is 0.0270. The van der Waals surface area contributed by atoms with E-state index in [1.54, 1.807) is 0 Å². The molecule has 0 bridgehead atoms. The zero-order valence-corrected chi connectivity index (χ0v) is 13.9. The number of aliphatic hydroxyl groups excluding tert-OH is 1. The first kappa shape index (κ1) is 17.2. The molecule has 1 aromatic heterocycles. The SMILES string of the molecule is Cc1noc(C)c1C(C)CC(=O)NC(CCO)c1ccccc1. The highest BCUT2D eigenvalue weighted by Crippen LogP contribution is 2.26. The standard InChI is InChI=1S/C18H24N2O3/c1-12(18-13(2)20-23-14(18)3)11-17(22)19-16(9-10-21)15-7-5-4-6-8-15/h4-8,12,16,21H,9-11H2,1-3H3,(H,19,22). The number of hydrogen-bond acceptors (Lipinski definition) is 4. The van der Waals surface area contributed by atoms with E-state index >= 15 is 0 Å². The van der Waals surface area contributed by atoms with E-state index in [0.29, 0.717) is 12.8 Å². The third-order valence-electron chi connectivity index (χ3n) is 4.03. The maximum absolute atomic E-state index is 12.4. The Kier molecular flexibility index (Phi) is 5.93. The molecule has 1 amide bonds. The zero-order valence-electron chi connectivity index (χ0n) is 13.9. The van der Waals surface area contributed by atoms with Crippen LogP contribution in [0.1, 0.15) is 54.3 Å². The van der Waals surface area contributed by atoms with Gasteiger partial charge in [-0.05, 0) is 31.7 Å². The van der Waals surface area contributed by atoms with E-state index in [2.05, 4.69) is 10.5 Å². The van der Waals surface area contributed by atoms with Gasteiger partial charge in [-0.1, -0.05) is 42.4 Å². The maximum Gasteiger partial charge on any atom is 0.221 e. The third kappa shape index (κ3) is 4.42. The van der Waals surface area contributed by atoms with Gasteiger partial charge in [0.05, 0.1) is 11.7 Å². The molecule has 2 aromatic rings. The number of aliphatic hydroxyl groups is 1. The average Bonchev–Trinajstić information content (AvgIpc) is 2.86. The van der Waals surface area contributed by atoms with Gasteiger partial charge in [0.15, 0.2) is 0 Å². The molecule has 0 fully saturated rings. The molecule has 0 spiro atoms.